The summed E-state index contributed by atoms with van der Waals surface area (Å²) < 4.78 is 1.55. The van der Waals surface area contributed by atoms with Crippen LogP contribution in [0.5, 0.6) is 0 Å². The van der Waals surface area contributed by atoms with Crippen LogP contribution >= 0.6 is 11.3 Å². The van der Waals surface area contributed by atoms with Crippen molar-refractivity contribution in [1.29, 1.82) is 0 Å². The van der Waals surface area contributed by atoms with Crippen molar-refractivity contribution in [2.45, 2.75) is 13.5 Å². The van der Waals surface area contributed by atoms with E-state index in [0.717, 1.165) is 16.4 Å². The SMILES string of the molecule is Cc1csc(CNc2ccc(=O)n(C)c2)n1. The maximum Gasteiger partial charge on any atom is 0.250 e. The van der Waals surface area contributed by atoms with Crippen molar-refractivity contribution in [2.24, 2.45) is 7.05 Å². The summed E-state index contributed by atoms with van der Waals surface area (Å²) in [5.74, 6) is 0. The van der Waals surface area contributed by atoms with Gasteiger partial charge in [-0.1, -0.05) is 0 Å². The standard InChI is InChI=1S/C11H13N3OS/c1-8-7-16-10(13-8)5-12-9-3-4-11(15)14(2)6-9/h3-4,6-7,12H,5H2,1-2H3. The van der Waals surface area contributed by atoms with Crippen LogP contribution in [0.1, 0.15) is 10.7 Å². The maximum absolute atomic E-state index is 11.2. The van der Waals surface area contributed by atoms with E-state index in [1.54, 1.807) is 41.3 Å². The molecule has 5 heteroatoms. The van der Waals surface area contributed by atoms with Crippen molar-refractivity contribution in [3.05, 3.63) is 44.8 Å². The van der Waals surface area contributed by atoms with Crippen molar-refractivity contribution in [1.82, 2.24) is 9.55 Å². The largest absolute Gasteiger partial charge is 0.377 e. The van der Waals surface area contributed by atoms with E-state index < -0.39 is 0 Å². The third-order valence-corrected chi connectivity index (χ3v) is 3.16. The van der Waals surface area contributed by atoms with E-state index in [2.05, 4.69) is 10.3 Å². The predicted molar refractivity (Wildman–Crippen MR) is 65.9 cm³/mol. The average Bonchev–Trinajstić information content (AvgIpc) is 2.66. The number of thiazole rings is 1. The van der Waals surface area contributed by atoms with Crippen molar-refractivity contribution in [2.75, 3.05) is 5.32 Å². The van der Waals surface area contributed by atoms with Gasteiger partial charge in [-0.3, -0.25) is 4.79 Å². The summed E-state index contributed by atoms with van der Waals surface area (Å²) >= 11 is 1.63. The molecule has 84 valence electrons. The highest BCUT2D eigenvalue weighted by molar-refractivity contribution is 7.09. The summed E-state index contributed by atoms with van der Waals surface area (Å²) in [4.78, 5) is 15.5. The first-order valence-corrected chi connectivity index (χ1v) is 5.84. The molecule has 0 amide bonds. The Morgan fingerprint density at radius 3 is 2.94 bits per heavy atom. The molecule has 2 heterocycles. The predicted octanol–water partition coefficient (Wildman–Crippen LogP) is 1.76. The molecule has 16 heavy (non-hydrogen) atoms. The molecule has 0 bridgehead atoms. The van der Waals surface area contributed by atoms with E-state index in [9.17, 15) is 4.79 Å². The van der Waals surface area contributed by atoms with E-state index in [-0.39, 0.29) is 5.56 Å². The highest BCUT2D eigenvalue weighted by Crippen LogP contribution is 2.11. The van der Waals surface area contributed by atoms with Crippen LogP contribution in [-0.2, 0) is 13.6 Å². The monoisotopic (exact) mass is 235 g/mol. The highest BCUT2D eigenvalue weighted by atomic mass is 32.1. The van der Waals surface area contributed by atoms with E-state index in [1.807, 2.05) is 12.3 Å². The molecule has 1 N–H and O–H groups in total. The molecule has 0 aliphatic rings. The van der Waals surface area contributed by atoms with Gasteiger partial charge in [0.2, 0.25) is 5.56 Å². The molecule has 0 unspecified atom stereocenters. The molecule has 0 saturated carbocycles. The Kier molecular flexibility index (Phi) is 3.05. The summed E-state index contributed by atoms with van der Waals surface area (Å²) in [6.07, 6.45) is 1.78. The van der Waals surface area contributed by atoms with Crippen molar-refractivity contribution in [3.63, 3.8) is 0 Å². The molecule has 0 aliphatic carbocycles. The van der Waals surface area contributed by atoms with Gasteiger partial charge in [0, 0.05) is 30.4 Å². The molecule has 0 aliphatic heterocycles. The zero-order chi connectivity index (χ0) is 11.5. The van der Waals surface area contributed by atoms with Gasteiger partial charge in [0.1, 0.15) is 5.01 Å². The lowest BCUT2D eigenvalue weighted by molar-refractivity contribution is 0.859. The van der Waals surface area contributed by atoms with Crippen LogP contribution in [0.15, 0.2) is 28.5 Å². The summed E-state index contributed by atoms with van der Waals surface area (Å²) in [7, 11) is 1.74. The van der Waals surface area contributed by atoms with E-state index in [1.165, 1.54) is 0 Å². The van der Waals surface area contributed by atoms with Gasteiger partial charge < -0.3 is 9.88 Å². The lowest BCUT2D eigenvalue weighted by Gasteiger charge is -2.05. The molecule has 4 nitrogen and oxygen atoms in total. The fourth-order valence-electron chi connectivity index (χ4n) is 1.36. The molecule has 0 spiro atoms. The van der Waals surface area contributed by atoms with Crippen LogP contribution < -0.4 is 10.9 Å². The molecule has 0 fully saturated rings. The second kappa shape index (κ2) is 4.49. The van der Waals surface area contributed by atoms with Gasteiger partial charge in [-0.25, -0.2) is 4.98 Å². The molecule has 0 aromatic carbocycles. The lowest BCUT2D eigenvalue weighted by atomic mass is 10.4. The quantitative estimate of drug-likeness (QED) is 0.881. The first-order chi connectivity index (χ1) is 7.65. The second-order valence-corrected chi connectivity index (χ2v) is 4.55. The van der Waals surface area contributed by atoms with Crippen molar-refractivity contribution in [3.8, 4) is 0 Å². The third-order valence-electron chi connectivity index (χ3n) is 2.20. The van der Waals surface area contributed by atoms with E-state index in [4.69, 9.17) is 0 Å². The minimum absolute atomic E-state index is 0.00403. The number of pyridine rings is 1. The van der Waals surface area contributed by atoms with Gasteiger partial charge in [0.25, 0.3) is 0 Å². The summed E-state index contributed by atoms with van der Waals surface area (Å²) in [6.45, 7) is 2.67. The number of hydrogen-bond donors (Lipinski definition) is 1. The van der Waals surface area contributed by atoms with Crippen LogP contribution in [0.2, 0.25) is 0 Å². The number of nitrogens with zero attached hydrogens (tertiary/aromatic N) is 2. The molecule has 0 saturated heterocycles. The normalized spacial score (nSPS) is 10.4. The molecule has 2 rings (SSSR count). The maximum atomic E-state index is 11.2. The Bertz CT molecular complexity index is 544. The smallest absolute Gasteiger partial charge is 0.250 e. The fourth-order valence-corrected chi connectivity index (χ4v) is 2.07. The lowest BCUT2D eigenvalue weighted by Crippen LogP contribution is -2.15. The first kappa shape index (κ1) is 10.9. The molecular weight excluding hydrogens is 222 g/mol. The topological polar surface area (TPSA) is 46.9 Å². The van der Waals surface area contributed by atoms with Gasteiger partial charge in [0.05, 0.1) is 12.2 Å². The zero-order valence-electron chi connectivity index (χ0n) is 9.23. The number of anilines is 1. The van der Waals surface area contributed by atoms with Crippen LogP contribution in [0.4, 0.5) is 5.69 Å². The molecule has 0 radical (unpaired) electrons. The van der Waals surface area contributed by atoms with Gasteiger partial charge in [-0.15, -0.1) is 11.3 Å². The first-order valence-electron chi connectivity index (χ1n) is 4.97. The minimum Gasteiger partial charge on any atom is -0.377 e. The van der Waals surface area contributed by atoms with Gasteiger partial charge in [-0.05, 0) is 13.0 Å². The number of aryl methyl sites for hydroxylation is 2. The van der Waals surface area contributed by atoms with Crippen LogP contribution in [0.25, 0.3) is 0 Å². The molecular formula is C11H13N3OS. The number of hydrogen-bond acceptors (Lipinski definition) is 4. The zero-order valence-corrected chi connectivity index (χ0v) is 10.0. The number of rotatable bonds is 3. The average molecular weight is 235 g/mol. The fraction of sp³-hybridized carbons (Fsp3) is 0.273. The Morgan fingerprint density at radius 2 is 2.31 bits per heavy atom. The minimum atomic E-state index is -0.00403. The van der Waals surface area contributed by atoms with Crippen LogP contribution in [0, 0.1) is 6.92 Å². The number of nitrogens with one attached hydrogen (secondary N) is 1. The highest BCUT2D eigenvalue weighted by Gasteiger charge is 1.99. The third kappa shape index (κ3) is 2.49. The molecule has 0 atom stereocenters. The van der Waals surface area contributed by atoms with Gasteiger partial charge in [0.15, 0.2) is 0 Å². The van der Waals surface area contributed by atoms with Crippen molar-refractivity contribution >= 4 is 17.0 Å². The molecule has 2 aromatic rings. The summed E-state index contributed by atoms with van der Waals surface area (Å²) in [5.41, 5.74) is 1.97. The Morgan fingerprint density at radius 1 is 1.50 bits per heavy atom. The molecule has 2 aromatic heterocycles. The number of aromatic nitrogens is 2. The Labute approximate surface area is 97.6 Å². The van der Waals surface area contributed by atoms with Crippen LogP contribution in [-0.4, -0.2) is 9.55 Å². The van der Waals surface area contributed by atoms with Gasteiger partial charge in [-0.2, -0.15) is 0 Å². The Balaban J connectivity index is 2.05. The summed E-state index contributed by atoms with van der Waals surface area (Å²) in [5, 5.41) is 6.30. The Hall–Kier alpha value is -1.62. The van der Waals surface area contributed by atoms with Crippen LogP contribution in [0.3, 0.4) is 0 Å². The van der Waals surface area contributed by atoms with E-state index >= 15 is 0 Å². The van der Waals surface area contributed by atoms with Gasteiger partial charge >= 0.3 is 0 Å². The van der Waals surface area contributed by atoms with E-state index in [0.29, 0.717) is 6.54 Å². The van der Waals surface area contributed by atoms with Crippen molar-refractivity contribution < 1.29 is 0 Å². The summed E-state index contributed by atoms with van der Waals surface area (Å²) in [6, 6.07) is 3.33. The second-order valence-electron chi connectivity index (χ2n) is 3.60.